The molecular weight excluding hydrogens is 174 g/mol. The Morgan fingerprint density at radius 1 is 1.64 bits per heavy atom. The van der Waals surface area contributed by atoms with Crippen LogP contribution < -0.4 is 5.32 Å². The molecule has 1 aromatic heterocycles. The molecule has 0 aromatic carbocycles. The van der Waals surface area contributed by atoms with E-state index in [0.29, 0.717) is 6.04 Å². The van der Waals surface area contributed by atoms with E-state index in [0.717, 1.165) is 18.9 Å². The Bertz CT molecular complexity index is 288. The monoisotopic (exact) mass is 193 g/mol. The van der Waals surface area contributed by atoms with Crippen LogP contribution in [-0.2, 0) is 13.5 Å². The molecule has 2 rings (SSSR count). The summed E-state index contributed by atoms with van der Waals surface area (Å²) in [4.78, 5) is 0. The maximum atomic E-state index is 4.15. The summed E-state index contributed by atoms with van der Waals surface area (Å²) in [6, 6.07) is 2.78. The number of rotatable bonds is 5. The van der Waals surface area contributed by atoms with Crippen LogP contribution in [0.2, 0.25) is 0 Å². The number of hydrogen-bond acceptors (Lipinski definition) is 2. The normalized spacial score (nSPS) is 18.4. The van der Waals surface area contributed by atoms with E-state index in [1.807, 2.05) is 17.9 Å². The Labute approximate surface area is 85.5 Å². The summed E-state index contributed by atoms with van der Waals surface area (Å²) in [7, 11) is 2.00. The van der Waals surface area contributed by atoms with Gasteiger partial charge in [0, 0.05) is 37.9 Å². The lowest BCUT2D eigenvalue weighted by atomic mass is 10.2. The highest BCUT2D eigenvalue weighted by atomic mass is 15.3. The Morgan fingerprint density at radius 2 is 2.43 bits per heavy atom. The minimum absolute atomic E-state index is 0.697. The van der Waals surface area contributed by atoms with Crippen LogP contribution in [0.1, 0.15) is 25.5 Å². The third-order valence-corrected chi connectivity index (χ3v) is 3.10. The fraction of sp³-hybridized carbons (Fsp3) is 0.727. The minimum Gasteiger partial charge on any atom is -0.314 e. The Hall–Kier alpha value is -0.830. The molecule has 1 fully saturated rings. The Balaban J connectivity index is 1.69. The second kappa shape index (κ2) is 4.13. The van der Waals surface area contributed by atoms with Crippen molar-refractivity contribution in [3.8, 4) is 0 Å². The van der Waals surface area contributed by atoms with E-state index in [4.69, 9.17) is 0 Å². The molecule has 1 aromatic rings. The predicted octanol–water partition coefficient (Wildman–Crippen LogP) is 1.35. The van der Waals surface area contributed by atoms with Gasteiger partial charge in [0.05, 0.1) is 0 Å². The summed E-state index contributed by atoms with van der Waals surface area (Å²) in [5.74, 6) is 0.946. The molecule has 1 aliphatic carbocycles. The first-order chi connectivity index (χ1) is 6.77. The van der Waals surface area contributed by atoms with Gasteiger partial charge in [-0.15, -0.1) is 0 Å². The second-order valence-corrected chi connectivity index (χ2v) is 4.28. The van der Waals surface area contributed by atoms with Gasteiger partial charge in [-0.05, 0) is 31.7 Å². The van der Waals surface area contributed by atoms with Crippen molar-refractivity contribution in [2.45, 2.75) is 32.2 Å². The lowest BCUT2D eigenvalue weighted by Gasteiger charge is -2.12. The van der Waals surface area contributed by atoms with E-state index >= 15 is 0 Å². The summed E-state index contributed by atoms with van der Waals surface area (Å²) >= 11 is 0. The number of nitrogens with zero attached hydrogens (tertiary/aromatic N) is 2. The van der Waals surface area contributed by atoms with E-state index < -0.39 is 0 Å². The first-order valence-electron chi connectivity index (χ1n) is 5.47. The molecule has 0 aliphatic heterocycles. The largest absolute Gasteiger partial charge is 0.314 e. The van der Waals surface area contributed by atoms with E-state index in [1.165, 1.54) is 18.5 Å². The molecule has 3 nitrogen and oxygen atoms in total. The molecule has 1 saturated carbocycles. The van der Waals surface area contributed by atoms with Crippen LogP contribution in [0.4, 0.5) is 0 Å². The smallest absolute Gasteiger partial charge is 0.0492 e. The van der Waals surface area contributed by atoms with Crippen LogP contribution in [0.5, 0.6) is 0 Å². The molecule has 0 saturated heterocycles. The summed E-state index contributed by atoms with van der Waals surface area (Å²) in [6.45, 7) is 3.36. The molecule has 0 bridgehead atoms. The molecule has 1 atom stereocenters. The first kappa shape index (κ1) is 9.71. The van der Waals surface area contributed by atoms with Gasteiger partial charge in [-0.2, -0.15) is 5.10 Å². The zero-order valence-electron chi connectivity index (χ0n) is 9.03. The second-order valence-electron chi connectivity index (χ2n) is 4.28. The standard InChI is InChI=1S/C11H19N3/c1-9(10-3-4-10)12-7-5-11-6-8-13-14(11)2/h6,8-10,12H,3-5,7H2,1-2H3. The summed E-state index contributed by atoms with van der Waals surface area (Å²) in [6.07, 6.45) is 5.77. The minimum atomic E-state index is 0.697. The van der Waals surface area contributed by atoms with Crippen LogP contribution in [0.15, 0.2) is 12.3 Å². The third-order valence-electron chi connectivity index (χ3n) is 3.10. The fourth-order valence-electron chi connectivity index (χ4n) is 1.84. The average molecular weight is 193 g/mol. The van der Waals surface area contributed by atoms with Gasteiger partial charge >= 0.3 is 0 Å². The van der Waals surface area contributed by atoms with Crippen molar-refractivity contribution in [1.82, 2.24) is 15.1 Å². The number of nitrogens with one attached hydrogen (secondary N) is 1. The fourth-order valence-corrected chi connectivity index (χ4v) is 1.84. The molecule has 1 aliphatic rings. The number of aryl methyl sites for hydroxylation is 1. The van der Waals surface area contributed by atoms with E-state index in [1.54, 1.807) is 0 Å². The van der Waals surface area contributed by atoms with Crippen LogP contribution in [0.25, 0.3) is 0 Å². The molecular formula is C11H19N3. The Kier molecular flexibility index (Phi) is 2.87. The molecule has 0 radical (unpaired) electrons. The van der Waals surface area contributed by atoms with Crippen molar-refractivity contribution in [2.75, 3.05) is 6.54 Å². The van der Waals surface area contributed by atoms with E-state index in [9.17, 15) is 0 Å². The average Bonchev–Trinajstić information content (AvgIpc) is 2.93. The summed E-state index contributed by atoms with van der Waals surface area (Å²) < 4.78 is 1.95. The van der Waals surface area contributed by atoms with Gasteiger partial charge in [-0.25, -0.2) is 0 Å². The molecule has 3 heteroatoms. The maximum Gasteiger partial charge on any atom is 0.0492 e. The number of aromatic nitrogens is 2. The van der Waals surface area contributed by atoms with E-state index in [2.05, 4.69) is 23.4 Å². The maximum absolute atomic E-state index is 4.15. The van der Waals surface area contributed by atoms with Gasteiger partial charge in [0.25, 0.3) is 0 Å². The highest BCUT2D eigenvalue weighted by molar-refractivity contribution is 5.00. The van der Waals surface area contributed by atoms with Crippen molar-refractivity contribution in [1.29, 1.82) is 0 Å². The quantitative estimate of drug-likeness (QED) is 0.765. The highest BCUT2D eigenvalue weighted by Gasteiger charge is 2.27. The van der Waals surface area contributed by atoms with Crippen molar-refractivity contribution in [3.05, 3.63) is 18.0 Å². The molecule has 1 N–H and O–H groups in total. The zero-order chi connectivity index (χ0) is 9.97. The van der Waals surface area contributed by atoms with Crippen LogP contribution in [0, 0.1) is 5.92 Å². The van der Waals surface area contributed by atoms with Crippen molar-refractivity contribution < 1.29 is 0 Å². The van der Waals surface area contributed by atoms with Gasteiger partial charge in [-0.3, -0.25) is 4.68 Å². The van der Waals surface area contributed by atoms with Crippen LogP contribution >= 0.6 is 0 Å². The predicted molar refractivity (Wildman–Crippen MR) is 57.1 cm³/mol. The summed E-state index contributed by atoms with van der Waals surface area (Å²) in [5, 5.41) is 7.72. The third kappa shape index (κ3) is 2.35. The van der Waals surface area contributed by atoms with E-state index in [-0.39, 0.29) is 0 Å². The molecule has 14 heavy (non-hydrogen) atoms. The summed E-state index contributed by atoms with van der Waals surface area (Å²) in [5.41, 5.74) is 1.31. The number of hydrogen-bond donors (Lipinski definition) is 1. The zero-order valence-corrected chi connectivity index (χ0v) is 9.03. The van der Waals surface area contributed by atoms with Gasteiger partial charge in [0.15, 0.2) is 0 Å². The SMILES string of the molecule is CC(NCCc1ccnn1C)C1CC1. The lowest BCUT2D eigenvalue weighted by molar-refractivity contribution is 0.495. The lowest BCUT2D eigenvalue weighted by Crippen LogP contribution is -2.30. The van der Waals surface area contributed by atoms with Gasteiger partial charge in [-0.1, -0.05) is 0 Å². The van der Waals surface area contributed by atoms with Gasteiger partial charge < -0.3 is 5.32 Å². The van der Waals surface area contributed by atoms with Gasteiger partial charge in [0.1, 0.15) is 0 Å². The molecule has 1 unspecified atom stereocenters. The molecule has 1 heterocycles. The highest BCUT2D eigenvalue weighted by Crippen LogP contribution is 2.32. The molecule has 0 spiro atoms. The molecule has 78 valence electrons. The first-order valence-corrected chi connectivity index (χ1v) is 5.47. The van der Waals surface area contributed by atoms with Crippen LogP contribution in [-0.4, -0.2) is 22.4 Å². The van der Waals surface area contributed by atoms with Crippen molar-refractivity contribution in [3.63, 3.8) is 0 Å². The topological polar surface area (TPSA) is 29.9 Å². The Morgan fingerprint density at radius 3 is 3.00 bits per heavy atom. The molecule has 0 amide bonds. The van der Waals surface area contributed by atoms with Crippen molar-refractivity contribution in [2.24, 2.45) is 13.0 Å². The van der Waals surface area contributed by atoms with Crippen LogP contribution in [0.3, 0.4) is 0 Å². The van der Waals surface area contributed by atoms with Gasteiger partial charge in [0.2, 0.25) is 0 Å². The van der Waals surface area contributed by atoms with Crippen molar-refractivity contribution >= 4 is 0 Å².